The first-order valence-corrected chi connectivity index (χ1v) is 5.75. The maximum absolute atomic E-state index is 11.7. The van der Waals surface area contributed by atoms with Gasteiger partial charge in [0, 0.05) is 11.4 Å². The molecule has 1 unspecified atom stereocenters. The van der Waals surface area contributed by atoms with Gasteiger partial charge in [0.05, 0.1) is 12.7 Å². The third-order valence-electron chi connectivity index (χ3n) is 1.99. The first kappa shape index (κ1) is 12.8. The van der Waals surface area contributed by atoms with E-state index in [9.17, 15) is 9.90 Å². The number of aromatic hydroxyl groups is 1. The van der Waals surface area contributed by atoms with Crippen molar-refractivity contribution in [1.29, 1.82) is 0 Å². The summed E-state index contributed by atoms with van der Waals surface area (Å²) in [5.74, 6) is 0.165. The van der Waals surface area contributed by atoms with Crippen LogP contribution in [0.25, 0.3) is 0 Å². The van der Waals surface area contributed by atoms with E-state index >= 15 is 0 Å². The van der Waals surface area contributed by atoms with Gasteiger partial charge in [-0.3, -0.25) is 4.79 Å². The summed E-state index contributed by atoms with van der Waals surface area (Å²) < 4.78 is 4.99. The van der Waals surface area contributed by atoms with Crippen molar-refractivity contribution in [1.82, 2.24) is 5.32 Å². The molecule has 4 nitrogen and oxygen atoms in total. The van der Waals surface area contributed by atoms with Gasteiger partial charge in [0.15, 0.2) is 0 Å². The van der Waals surface area contributed by atoms with Crippen LogP contribution in [0.4, 0.5) is 0 Å². The topological polar surface area (TPSA) is 58.6 Å². The highest BCUT2D eigenvalue weighted by Crippen LogP contribution is 2.22. The van der Waals surface area contributed by atoms with E-state index in [0.29, 0.717) is 12.3 Å². The lowest BCUT2D eigenvalue weighted by atomic mass is 10.1. The summed E-state index contributed by atoms with van der Waals surface area (Å²) in [5, 5.41) is 12.2. The largest absolute Gasteiger partial charge is 0.507 e. The second-order valence-electron chi connectivity index (χ2n) is 3.37. The van der Waals surface area contributed by atoms with Gasteiger partial charge in [0.2, 0.25) is 0 Å². The molecule has 0 fully saturated rings. The van der Waals surface area contributed by atoms with Crippen LogP contribution in [0.2, 0.25) is 0 Å². The van der Waals surface area contributed by atoms with Crippen molar-refractivity contribution in [3.8, 4) is 11.5 Å². The fourth-order valence-electron chi connectivity index (χ4n) is 1.15. The van der Waals surface area contributed by atoms with Gasteiger partial charge in [-0.25, -0.2) is 0 Å². The third-order valence-corrected chi connectivity index (χ3v) is 2.32. The number of carbonyl (C=O) groups excluding carboxylic acids is 1. The number of rotatable bonds is 4. The number of hydrogen-bond donors (Lipinski definition) is 2. The molecule has 0 aliphatic carbocycles. The summed E-state index contributed by atoms with van der Waals surface area (Å²) in [6.45, 7) is 2.42. The van der Waals surface area contributed by atoms with Crippen LogP contribution in [-0.2, 0) is 0 Å². The number of benzene rings is 1. The van der Waals surface area contributed by atoms with E-state index < -0.39 is 0 Å². The number of amides is 1. The number of methoxy groups -OCH3 is 1. The van der Waals surface area contributed by atoms with Crippen molar-refractivity contribution in [2.75, 3.05) is 13.7 Å². The minimum Gasteiger partial charge on any atom is -0.507 e. The first-order valence-electron chi connectivity index (χ1n) is 4.84. The molecule has 1 aromatic rings. The minimum atomic E-state index is -0.317. The first-order chi connectivity index (χ1) is 7.54. The van der Waals surface area contributed by atoms with Gasteiger partial charge >= 0.3 is 0 Å². The third kappa shape index (κ3) is 3.41. The molecule has 1 rings (SSSR count). The Morgan fingerprint density at radius 2 is 2.31 bits per heavy atom. The summed E-state index contributed by atoms with van der Waals surface area (Å²) >= 11 is 3.32. The molecule has 0 aromatic heterocycles. The SMILES string of the molecule is COc1ccc(O)c(C(=O)NCC(C)Br)c1. The molecule has 0 radical (unpaired) electrons. The fraction of sp³-hybridized carbons (Fsp3) is 0.364. The number of carbonyl (C=O) groups is 1. The average molecular weight is 288 g/mol. The molecular weight excluding hydrogens is 274 g/mol. The number of nitrogens with one attached hydrogen (secondary N) is 1. The summed E-state index contributed by atoms with van der Waals surface area (Å²) in [6, 6.07) is 4.54. The Hall–Kier alpha value is -1.23. The molecule has 1 atom stereocenters. The van der Waals surface area contributed by atoms with Gasteiger partial charge in [-0.05, 0) is 18.2 Å². The molecule has 1 amide bonds. The second-order valence-corrected chi connectivity index (χ2v) is 4.94. The number of phenols is 1. The number of alkyl halides is 1. The summed E-state index contributed by atoms with van der Waals surface area (Å²) in [5.41, 5.74) is 0.215. The van der Waals surface area contributed by atoms with E-state index in [1.165, 1.54) is 19.2 Å². The van der Waals surface area contributed by atoms with E-state index in [4.69, 9.17) is 4.74 Å². The summed E-state index contributed by atoms with van der Waals surface area (Å²) in [6.07, 6.45) is 0. The molecule has 0 aliphatic rings. The molecule has 0 bridgehead atoms. The van der Waals surface area contributed by atoms with Crippen LogP contribution < -0.4 is 10.1 Å². The monoisotopic (exact) mass is 287 g/mol. The molecular formula is C11H14BrNO3. The predicted octanol–water partition coefficient (Wildman–Crippen LogP) is 1.91. The Bertz CT molecular complexity index is 379. The Morgan fingerprint density at radius 1 is 1.62 bits per heavy atom. The zero-order valence-electron chi connectivity index (χ0n) is 9.16. The Balaban J connectivity index is 2.81. The van der Waals surface area contributed by atoms with Gasteiger partial charge in [0.1, 0.15) is 11.5 Å². The van der Waals surface area contributed by atoms with Gasteiger partial charge in [-0.2, -0.15) is 0 Å². The Labute approximate surface area is 103 Å². The highest BCUT2D eigenvalue weighted by Gasteiger charge is 2.12. The zero-order valence-corrected chi connectivity index (χ0v) is 10.7. The van der Waals surface area contributed by atoms with Crippen molar-refractivity contribution < 1.29 is 14.6 Å². The summed E-state index contributed by atoms with van der Waals surface area (Å²) in [7, 11) is 1.51. The van der Waals surface area contributed by atoms with E-state index in [1.54, 1.807) is 6.07 Å². The molecule has 0 aliphatic heterocycles. The van der Waals surface area contributed by atoms with E-state index in [1.807, 2.05) is 6.92 Å². The molecule has 0 spiro atoms. The van der Waals surface area contributed by atoms with Crippen LogP contribution in [-0.4, -0.2) is 29.5 Å². The fourth-order valence-corrected chi connectivity index (χ4v) is 1.31. The maximum atomic E-state index is 11.7. The Morgan fingerprint density at radius 3 is 2.88 bits per heavy atom. The van der Waals surface area contributed by atoms with Crippen LogP contribution in [0.1, 0.15) is 17.3 Å². The van der Waals surface area contributed by atoms with E-state index in [2.05, 4.69) is 21.2 Å². The number of phenolic OH excluding ortho intramolecular Hbond substituents is 1. The van der Waals surface area contributed by atoms with Gasteiger partial charge in [-0.15, -0.1) is 0 Å². The molecule has 0 saturated heterocycles. The van der Waals surface area contributed by atoms with Crippen LogP contribution in [0.15, 0.2) is 18.2 Å². The molecule has 0 saturated carbocycles. The Kier molecular flexibility index (Phi) is 4.61. The normalized spacial score (nSPS) is 11.9. The quantitative estimate of drug-likeness (QED) is 0.832. The summed E-state index contributed by atoms with van der Waals surface area (Å²) in [4.78, 5) is 11.9. The molecule has 0 heterocycles. The number of halogens is 1. The average Bonchev–Trinajstić information content (AvgIpc) is 2.26. The van der Waals surface area contributed by atoms with Crippen LogP contribution in [0, 0.1) is 0 Å². The standard InChI is InChI=1S/C11H14BrNO3/c1-7(12)6-13-11(15)9-5-8(16-2)3-4-10(9)14/h3-5,7,14H,6H2,1-2H3,(H,13,15). The van der Waals surface area contributed by atoms with Crippen molar-refractivity contribution in [3.05, 3.63) is 23.8 Å². The minimum absolute atomic E-state index is 0.0551. The van der Waals surface area contributed by atoms with E-state index in [0.717, 1.165) is 0 Å². The maximum Gasteiger partial charge on any atom is 0.255 e. The highest BCUT2D eigenvalue weighted by molar-refractivity contribution is 9.09. The van der Waals surface area contributed by atoms with Gasteiger partial charge in [-0.1, -0.05) is 22.9 Å². The lowest BCUT2D eigenvalue weighted by Crippen LogP contribution is -2.28. The predicted molar refractivity (Wildman–Crippen MR) is 65.4 cm³/mol. The van der Waals surface area contributed by atoms with Crippen LogP contribution in [0.5, 0.6) is 11.5 Å². The van der Waals surface area contributed by atoms with E-state index in [-0.39, 0.29) is 22.0 Å². The zero-order chi connectivity index (χ0) is 12.1. The van der Waals surface area contributed by atoms with Gasteiger partial charge < -0.3 is 15.2 Å². The molecule has 1 aromatic carbocycles. The molecule has 5 heteroatoms. The van der Waals surface area contributed by atoms with Crippen LogP contribution >= 0.6 is 15.9 Å². The van der Waals surface area contributed by atoms with Crippen LogP contribution in [0.3, 0.4) is 0 Å². The molecule has 88 valence electrons. The molecule has 2 N–H and O–H groups in total. The van der Waals surface area contributed by atoms with Crippen molar-refractivity contribution in [3.63, 3.8) is 0 Å². The lowest BCUT2D eigenvalue weighted by molar-refractivity contribution is 0.0951. The lowest BCUT2D eigenvalue weighted by Gasteiger charge is -2.09. The molecule has 16 heavy (non-hydrogen) atoms. The van der Waals surface area contributed by atoms with Crippen molar-refractivity contribution >= 4 is 21.8 Å². The smallest absolute Gasteiger partial charge is 0.255 e. The highest BCUT2D eigenvalue weighted by atomic mass is 79.9. The number of ether oxygens (including phenoxy) is 1. The second kappa shape index (κ2) is 5.75. The van der Waals surface area contributed by atoms with Crippen molar-refractivity contribution in [2.24, 2.45) is 0 Å². The van der Waals surface area contributed by atoms with Gasteiger partial charge in [0.25, 0.3) is 5.91 Å². The van der Waals surface area contributed by atoms with Crippen molar-refractivity contribution in [2.45, 2.75) is 11.8 Å². The number of hydrogen-bond acceptors (Lipinski definition) is 3.